The third kappa shape index (κ3) is 4.60. The largest absolute Gasteiger partial charge is 0.393 e. The Kier molecular flexibility index (Phi) is 5.93. The molecule has 176 valence electrons. The first-order valence-electron chi connectivity index (χ1n) is 11.7. The number of carbonyl (C=O) groups is 1. The van der Waals surface area contributed by atoms with Crippen molar-refractivity contribution >= 4 is 22.5 Å². The molecule has 0 radical (unpaired) electrons. The first-order valence-corrected chi connectivity index (χ1v) is 11.7. The number of fused-ring (bicyclic) bond motifs is 1. The fraction of sp³-hybridized carbons (Fsp3) is 0.346. The number of anilines is 1. The molecule has 1 amide bonds. The first-order chi connectivity index (χ1) is 16.4. The maximum Gasteiger partial charge on any atom is 0.255 e. The van der Waals surface area contributed by atoms with E-state index in [2.05, 4.69) is 38.4 Å². The SMILES string of the molecule is Cc1cn(-c2cc(CN3CCC(O)C(C)C3)cc(NC(=O)c3ccc4c(C)[nH]nc4c3)c2)cn1. The minimum absolute atomic E-state index is 0.179. The van der Waals surface area contributed by atoms with E-state index in [1.807, 2.05) is 48.9 Å². The Hall–Kier alpha value is -3.49. The van der Waals surface area contributed by atoms with E-state index in [-0.39, 0.29) is 17.9 Å². The average molecular weight is 459 g/mol. The number of aliphatic hydroxyl groups excluding tert-OH is 1. The molecule has 2 unspecified atom stereocenters. The van der Waals surface area contributed by atoms with Gasteiger partial charge in [-0.15, -0.1) is 0 Å². The molecule has 8 nitrogen and oxygen atoms in total. The molecule has 0 spiro atoms. The van der Waals surface area contributed by atoms with Crippen LogP contribution in [0.1, 0.15) is 40.7 Å². The number of H-pyrrole nitrogens is 1. The second-order valence-electron chi connectivity index (χ2n) is 9.41. The van der Waals surface area contributed by atoms with Crippen LogP contribution in [-0.4, -0.2) is 54.9 Å². The maximum atomic E-state index is 13.1. The summed E-state index contributed by atoms with van der Waals surface area (Å²) < 4.78 is 1.97. The highest BCUT2D eigenvalue weighted by atomic mass is 16.3. The molecule has 0 bridgehead atoms. The highest BCUT2D eigenvalue weighted by Gasteiger charge is 2.24. The number of aromatic nitrogens is 4. The molecule has 0 saturated carbocycles. The Bertz CT molecular complexity index is 1340. The number of aromatic amines is 1. The fourth-order valence-corrected chi connectivity index (χ4v) is 4.66. The van der Waals surface area contributed by atoms with Crippen LogP contribution in [-0.2, 0) is 6.54 Å². The van der Waals surface area contributed by atoms with Gasteiger partial charge in [0, 0.05) is 53.8 Å². The summed E-state index contributed by atoms with van der Waals surface area (Å²) in [5.74, 6) is 0.0650. The lowest BCUT2D eigenvalue weighted by molar-refractivity contribution is 0.0320. The number of carbonyl (C=O) groups excluding carboxylic acids is 1. The quantitative estimate of drug-likeness (QED) is 0.422. The van der Waals surface area contributed by atoms with E-state index in [0.717, 1.165) is 65.3 Å². The zero-order valence-corrected chi connectivity index (χ0v) is 19.7. The van der Waals surface area contributed by atoms with Crippen LogP contribution in [0.4, 0.5) is 5.69 Å². The number of aliphatic hydroxyl groups is 1. The summed E-state index contributed by atoms with van der Waals surface area (Å²) >= 11 is 0. The zero-order chi connectivity index (χ0) is 23.8. The highest BCUT2D eigenvalue weighted by Crippen LogP contribution is 2.24. The van der Waals surface area contributed by atoms with E-state index < -0.39 is 0 Å². The van der Waals surface area contributed by atoms with Crippen molar-refractivity contribution in [3.63, 3.8) is 0 Å². The van der Waals surface area contributed by atoms with E-state index in [1.165, 1.54) is 0 Å². The second-order valence-corrected chi connectivity index (χ2v) is 9.41. The van der Waals surface area contributed by atoms with Gasteiger partial charge in [-0.2, -0.15) is 5.10 Å². The second kappa shape index (κ2) is 9.04. The van der Waals surface area contributed by atoms with Crippen LogP contribution >= 0.6 is 0 Å². The zero-order valence-electron chi connectivity index (χ0n) is 19.7. The first kappa shape index (κ1) is 22.3. The van der Waals surface area contributed by atoms with Crippen LogP contribution in [0.15, 0.2) is 48.9 Å². The molecule has 1 fully saturated rings. The number of piperidine rings is 1. The number of hydrogen-bond donors (Lipinski definition) is 3. The molecule has 5 rings (SSSR count). The summed E-state index contributed by atoms with van der Waals surface area (Å²) in [4.78, 5) is 19.8. The van der Waals surface area contributed by atoms with Crippen LogP contribution < -0.4 is 5.32 Å². The summed E-state index contributed by atoms with van der Waals surface area (Å²) in [5, 5.41) is 21.4. The fourth-order valence-electron chi connectivity index (χ4n) is 4.66. The van der Waals surface area contributed by atoms with Crippen molar-refractivity contribution in [2.75, 3.05) is 18.4 Å². The van der Waals surface area contributed by atoms with Gasteiger partial charge in [0.05, 0.1) is 23.6 Å². The highest BCUT2D eigenvalue weighted by molar-refractivity contribution is 6.06. The molecule has 0 aliphatic carbocycles. The number of nitrogens with zero attached hydrogens (tertiary/aromatic N) is 4. The molecule has 1 saturated heterocycles. The number of aryl methyl sites for hydroxylation is 2. The van der Waals surface area contributed by atoms with E-state index in [4.69, 9.17) is 0 Å². The number of nitrogens with one attached hydrogen (secondary N) is 2. The van der Waals surface area contributed by atoms with Gasteiger partial charge in [0.15, 0.2) is 0 Å². The predicted octanol–water partition coefficient (Wildman–Crippen LogP) is 3.82. The molecule has 2 aromatic heterocycles. The van der Waals surface area contributed by atoms with Crippen LogP contribution in [0.5, 0.6) is 0 Å². The van der Waals surface area contributed by atoms with Crippen LogP contribution in [0.2, 0.25) is 0 Å². The summed E-state index contributed by atoms with van der Waals surface area (Å²) in [7, 11) is 0. The van der Waals surface area contributed by atoms with Crippen LogP contribution in [0.3, 0.4) is 0 Å². The number of imidazole rings is 1. The topological polar surface area (TPSA) is 99.1 Å². The number of rotatable bonds is 5. The molecule has 8 heteroatoms. The number of likely N-dealkylation sites (tertiary alicyclic amines) is 1. The van der Waals surface area contributed by atoms with Crippen LogP contribution in [0.25, 0.3) is 16.6 Å². The minimum atomic E-state index is -0.234. The van der Waals surface area contributed by atoms with Crippen molar-refractivity contribution in [1.82, 2.24) is 24.6 Å². The van der Waals surface area contributed by atoms with E-state index in [0.29, 0.717) is 5.56 Å². The van der Waals surface area contributed by atoms with Gasteiger partial charge in [0.2, 0.25) is 0 Å². The molecule has 2 aromatic carbocycles. The van der Waals surface area contributed by atoms with Gasteiger partial charge in [0.25, 0.3) is 5.91 Å². The molecule has 4 aromatic rings. The molecular weight excluding hydrogens is 428 g/mol. The van der Waals surface area contributed by atoms with E-state index >= 15 is 0 Å². The molecular formula is C26H30N6O2. The number of benzene rings is 2. The van der Waals surface area contributed by atoms with Crippen molar-refractivity contribution in [1.29, 1.82) is 0 Å². The number of hydrogen-bond acceptors (Lipinski definition) is 5. The molecule has 34 heavy (non-hydrogen) atoms. The predicted molar refractivity (Wildman–Crippen MR) is 132 cm³/mol. The Morgan fingerprint density at radius 1 is 1.24 bits per heavy atom. The smallest absolute Gasteiger partial charge is 0.255 e. The summed E-state index contributed by atoms with van der Waals surface area (Å²) in [6, 6.07) is 11.7. The maximum absolute atomic E-state index is 13.1. The monoisotopic (exact) mass is 458 g/mol. The minimum Gasteiger partial charge on any atom is -0.393 e. The van der Waals surface area contributed by atoms with Crippen LogP contribution in [0, 0.1) is 19.8 Å². The van der Waals surface area contributed by atoms with Crippen molar-refractivity contribution in [3.05, 3.63) is 71.4 Å². The van der Waals surface area contributed by atoms with E-state index in [9.17, 15) is 9.90 Å². The van der Waals surface area contributed by atoms with E-state index in [1.54, 1.807) is 12.4 Å². The van der Waals surface area contributed by atoms with Gasteiger partial charge in [0.1, 0.15) is 0 Å². The molecule has 1 aliphatic rings. The summed E-state index contributed by atoms with van der Waals surface area (Å²) in [5.41, 5.74) is 6.01. The molecule has 3 N–H and O–H groups in total. The van der Waals surface area contributed by atoms with Crippen molar-refractivity contribution in [2.24, 2.45) is 5.92 Å². The lowest BCUT2D eigenvalue weighted by atomic mass is 9.96. The summed E-state index contributed by atoms with van der Waals surface area (Å²) in [6.45, 7) is 8.45. The van der Waals surface area contributed by atoms with Gasteiger partial charge in [-0.05, 0) is 62.1 Å². The average Bonchev–Trinajstić information content (AvgIpc) is 3.41. The molecule has 1 aliphatic heterocycles. The third-order valence-electron chi connectivity index (χ3n) is 6.60. The van der Waals surface area contributed by atoms with Gasteiger partial charge in [-0.3, -0.25) is 14.8 Å². The van der Waals surface area contributed by atoms with Gasteiger partial charge < -0.3 is 15.0 Å². The molecule has 3 heterocycles. The van der Waals surface area contributed by atoms with Crippen molar-refractivity contribution < 1.29 is 9.90 Å². The normalized spacial score (nSPS) is 18.9. The Morgan fingerprint density at radius 2 is 2.09 bits per heavy atom. The van der Waals surface area contributed by atoms with Gasteiger partial charge >= 0.3 is 0 Å². The number of amides is 1. The van der Waals surface area contributed by atoms with Gasteiger partial charge in [-0.1, -0.05) is 13.0 Å². The van der Waals surface area contributed by atoms with Crippen molar-refractivity contribution in [3.8, 4) is 5.69 Å². The standard InChI is InChI=1S/C26H30N6O2/c1-16-12-31(7-6-25(16)33)14-19-8-21(11-22(9-19)32-13-17(2)27-15-32)28-26(34)20-4-5-23-18(3)29-30-24(23)10-20/h4-5,8-11,13,15-16,25,33H,6-7,12,14H2,1-3H3,(H,28,34)(H,29,30). The van der Waals surface area contributed by atoms with Gasteiger partial charge in [-0.25, -0.2) is 4.98 Å². The Balaban J connectivity index is 1.42. The van der Waals surface area contributed by atoms with Crippen molar-refractivity contribution in [2.45, 2.75) is 39.8 Å². The summed E-state index contributed by atoms with van der Waals surface area (Å²) in [6.07, 6.45) is 4.30. The third-order valence-corrected chi connectivity index (χ3v) is 6.60. The lowest BCUT2D eigenvalue weighted by Crippen LogP contribution is -2.41. The lowest BCUT2D eigenvalue weighted by Gasteiger charge is -2.34. The Morgan fingerprint density at radius 3 is 2.85 bits per heavy atom. The molecule has 2 atom stereocenters. The Labute approximate surface area is 198 Å².